The minimum absolute atomic E-state index is 0.0361. The van der Waals surface area contributed by atoms with Crippen LogP contribution in [0.3, 0.4) is 0 Å². The molecule has 0 radical (unpaired) electrons. The lowest BCUT2D eigenvalue weighted by Crippen LogP contribution is -2.08. The van der Waals surface area contributed by atoms with Gasteiger partial charge >= 0.3 is 5.97 Å². The number of benzene rings is 3. The standard InChI is InChI=1S/C21H13Cl2NO2/c22-19-10-5-11-20(23)18(19)13-26-21(25)17-9-4-3-8-16(17)15-7-2-1-6-14(15)12-24/h1-11H,13H2. The molecule has 0 unspecified atom stereocenters. The van der Waals surface area contributed by atoms with Crippen LogP contribution in [0.5, 0.6) is 0 Å². The second-order valence-corrected chi connectivity index (χ2v) is 6.29. The molecule has 0 aliphatic rings. The van der Waals surface area contributed by atoms with Crippen molar-refractivity contribution in [2.75, 3.05) is 0 Å². The maximum atomic E-state index is 12.6. The summed E-state index contributed by atoms with van der Waals surface area (Å²) in [6.45, 7) is -0.0361. The summed E-state index contributed by atoms with van der Waals surface area (Å²) in [5.74, 6) is -0.510. The zero-order chi connectivity index (χ0) is 18.5. The van der Waals surface area contributed by atoms with Crippen molar-refractivity contribution < 1.29 is 9.53 Å². The molecule has 5 heteroatoms. The van der Waals surface area contributed by atoms with Gasteiger partial charge in [0.2, 0.25) is 0 Å². The summed E-state index contributed by atoms with van der Waals surface area (Å²) in [7, 11) is 0. The zero-order valence-electron chi connectivity index (χ0n) is 13.6. The Labute approximate surface area is 161 Å². The summed E-state index contributed by atoms with van der Waals surface area (Å²) < 4.78 is 5.42. The van der Waals surface area contributed by atoms with E-state index in [4.69, 9.17) is 27.9 Å². The Morgan fingerprint density at radius 2 is 1.50 bits per heavy atom. The number of carbonyl (C=O) groups excluding carboxylic acids is 1. The Balaban J connectivity index is 1.91. The number of hydrogen-bond donors (Lipinski definition) is 0. The lowest BCUT2D eigenvalue weighted by atomic mass is 9.96. The molecule has 0 spiro atoms. The Morgan fingerprint density at radius 1 is 0.885 bits per heavy atom. The van der Waals surface area contributed by atoms with E-state index in [1.807, 2.05) is 12.1 Å². The van der Waals surface area contributed by atoms with E-state index in [2.05, 4.69) is 6.07 Å². The third-order valence-corrected chi connectivity index (χ3v) is 4.60. The van der Waals surface area contributed by atoms with Gasteiger partial charge in [-0.3, -0.25) is 0 Å². The van der Waals surface area contributed by atoms with Crippen LogP contribution in [-0.4, -0.2) is 5.97 Å². The smallest absolute Gasteiger partial charge is 0.339 e. The van der Waals surface area contributed by atoms with Gasteiger partial charge in [0.05, 0.1) is 17.2 Å². The van der Waals surface area contributed by atoms with Gasteiger partial charge in [0, 0.05) is 21.2 Å². The number of hydrogen-bond acceptors (Lipinski definition) is 3. The normalized spacial score (nSPS) is 10.2. The van der Waals surface area contributed by atoms with Crippen LogP contribution in [0.1, 0.15) is 21.5 Å². The van der Waals surface area contributed by atoms with E-state index in [1.54, 1.807) is 54.6 Å². The number of carbonyl (C=O) groups is 1. The molecule has 3 aromatic rings. The molecular weight excluding hydrogens is 369 g/mol. The molecule has 3 nitrogen and oxygen atoms in total. The second-order valence-electron chi connectivity index (χ2n) is 5.48. The fourth-order valence-electron chi connectivity index (χ4n) is 2.60. The minimum Gasteiger partial charge on any atom is -0.457 e. The molecule has 0 bridgehead atoms. The number of halogens is 2. The highest BCUT2D eigenvalue weighted by molar-refractivity contribution is 6.35. The van der Waals surface area contributed by atoms with Gasteiger partial charge in [-0.2, -0.15) is 5.26 Å². The van der Waals surface area contributed by atoms with E-state index in [1.165, 1.54) is 0 Å². The summed E-state index contributed by atoms with van der Waals surface area (Å²) in [6, 6.07) is 21.4. The van der Waals surface area contributed by atoms with Crippen molar-refractivity contribution in [3.63, 3.8) is 0 Å². The van der Waals surface area contributed by atoms with Gasteiger partial charge in [-0.05, 0) is 29.8 Å². The highest BCUT2D eigenvalue weighted by Gasteiger charge is 2.17. The first kappa shape index (κ1) is 18.0. The predicted octanol–water partition coefficient (Wildman–Crippen LogP) is 5.89. The highest BCUT2D eigenvalue weighted by atomic mass is 35.5. The van der Waals surface area contributed by atoms with Crippen LogP contribution in [0.2, 0.25) is 10.0 Å². The molecule has 3 aromatic carbocycles. The van der Waals surface area contributed by atoms with Crippen molar-refractivity contribution in [2.45, 2.75) is 6.61 Å². The Kier molecular flexibility index (Phi) is 5.58. The molecule has 0 aliphatic heterocycles. The number of nitrogens with zero attached hydrogens (tertiary/aromatic N) is 1. The van der Waals surface area contributed by atoms with Crippen LogP contribution in [-0.2, 0) is 11.3 Å². The van der Waals surface area contributed by atoms with Crippen molar-refractivity contribution in [1.29, 1.82) is 5.26 Å². The quantitative estimate of drug-likeness (QED) is 0.529. The van der Waals surface area contributed by atoms with Crippen molar-refractivity contribution in [1.82, 2.24) is 0 Å². The zero-order valence-corrected chi connectivity index (χ0v) is 15.1. The summed E-state index contributed by atoms with van der Waals surface area (Å²) in [4.78, 5) is 12.6. The first-order valence-electron chi connectivity index (χ1n) is 7.80. The van der Waals surface area contributed by atoms with Gasteiger partial charge in [0.1, 0.15) is 6.61 Å². The third-order valence-electron chi connectivity index (χ3n) is 3.89. The van der Waals surface area contributed by atoms with Crippen molar-refractivity contribution in [3.8, 4) is 17.2 Å². The topological polar surface area (TPSA) is 50.1 Å². The van der Waals surface area contributed by atoms with Gasteiger partial charge in [-0.15, -0.1) is 0 Å². The van der Waals surface area contributed by atoms with Crippen molar-refractivity contribution >= 4 is 29.2 Å². The monoisotopic (exact) mass is 381 g/mol. The molecule has 0 atom stereocenters. The van der Waals surface area contributed by atoms with Crippen LogP contribution < -0.4 is 0 Å². The molecular formula is C21H13Cl2NO2. The maximum absolute atomic E-state index is 12.6. The number of nitriles is 1. The van der Waals surface area contributed by atoms with Gasteiger partial charge in [-0.25, -0.2) is 4.79 Å². The van der Waals surface area contributed by atoms with Crippen LogP contribution in [0.25, 0.3) is 11.1 Å². The molecule has 26 heavy (non-hydrogen) atoms. The molecule has 0 aliphatic carbocycles. The number of ether oxygens (including phenoxy) is 1. The van der Waals surface area contributed by atoms with E-state index >= 15 is 0 Å². The lowest BCUT2D eigenvalue weighted by Gasteiger charge is -2.12. The first-order chi connectivity index (χ1) is 12.6. The largest absolute Gasteiger partial charge is 0.457 e. The van der Waals surface area contributed by atoms with Gasteiger partial charge in [-0.1, -0.05) is 65.7 Å². The fraction of sp³-hybridized carbons (Fsp3) is 0.0476. The molecule has 0 N–H and O–H groups in total. The van der Waals surface area contributed by atoms with Gasteiger partial charge in [0.25, 0.3) is 0 Å². The van der Waals surface area contributed by atoms with E-state index < -0.39 is 5.97 Å². The molecule has 0 heterocycles. The average molecular weight is 382 g/mol. The van der Waals surface area contributed by atoms with Crippen molar-refractivity contribution in [3.05, 3.63) is 93.5 Å². The molecule has 0 saturated carbocycles. The number of rotatable bonds is 4. The molecule has 128 valence electrons. The summed E-state index contributed by atoms with van der Waals surface area (Å²) in [5.41, 5.74) is 2.73. The van der Waals surface area contributed by atoms with E-state index in [0.717, 1.165) is 0 Å². The minimum atomic E-state index is -0.510. The van der Waals surface area contributed by atoms with Gasteiger partial charge in [0.15, 0.2) is 0 Å². The van der Waals surface area contributed by atoms with E-state index in [9.17, 15) is 10.1 Å². The second kappa shape index (κ2) is 8.05. The first-order valence-corrected chi connectivity index (χ1v) is 8.56. The molecule has 0 amide bonds. The summed E-state index contributed by atoms with van der Waals surface area (Å²) >= 11 is 12.2. The van der Waals surface area contributed by atoms with Gasteiger partial charge < -0.3 is 4.74 Å². The molecule has 3 rings (SSSR count). The van der Waals surface area contributed by atoms with Crippen LogP contribution in [0.15, 0.2) is 66.7 Å². The molecule has 0 saturated heterocycles. The average Bonchev–Trinajstić information content (AvgIpc) is 2.67. The van der Waals surface area contributed by atoms with E-state index in [-0.39, 0.29) is 6.61 Å². The van der Waals surface area contributed by atoms with Crippen LogP contribution in [0, 0.1) is 11.3 Å². The van der Waals surface area contributed by atoms with Crippen LogP contribution in [0.4, 0.5) is 0 Å². The highest BCUT2D eigenvalue weighted by Crippen LogP contribution is 2.29. The third kappa shape index (κ3) is 3.72. The Bertz CT molecular complexity index is 989. The predicted molar refractivity (Wildman–Crippen MR) is 102 cm³/mol. The molecule has 0 aromatic heterocycles. The van der Waals surface area contributed by atoms with Crippen molar-refractivity contribution in [2.24, 2.45) is 0 Å². The SMILES string of the molecule is N#Cc1ccccc1-c1ccccc1C(=O)OCc1c(Cl)cccc1Cl. The summed E-state index contributed by atoms with van der Waals surface area (Å²) in [5, 5.41) is 10.2. The number of esters is 1. The van der Waals surface area contributed by atoms with Crippen LogP contribution >= 0.6 is 23.2 Å². The fourth-order valence-corrected chi connectivity index (χ4v) is 3.10. The Morgan fingerprint density at radius 3 is 2.19 bits per heavy atom. The Hall–Kier alpha value is -2.80. The lowest BCUT2D eigenvalue weighted by molar-refractivity contribution is 0.0474. The van der Waals surface area contributed by atoms with E-state index in [0.29, 0.717) is 37.9 Å². The summed E-state index contributed by atoms with van der Waals surface area (Å²) in [6.07, 6.45) is 0. The molecule has 0 fully saturated rings. The maximum Gasteiger partial charge on any atom is 0.339 e.